The van der Waals surface area contributed by atoms with Gasteiger partial charge < -0.3 is 17.0 Å². The maximum atomic E-state index is 12.7. The minimum absolute atomic E-state index is 0. The number of hydrogen-bond acceptors (Lipinski definition) is 2. The summed E-state index contributed by atoms with van der Waals surface area (Å²) in [6, 6.07) is 15.8. The van der Waals surface area contributed by atoms with Gasteiger partial charge in [-0.15, -0.1) is 0 Å². The van der Waals surface area contributed by atoms with E-state index in [9.17, 15) is 4.79 Å². The summed E-state index contributed by atoms with van der Waals surface area (Å²) in [5.41, 5.74) is 10.3. The molecule has 0 saturated carbocycles. The van der Waals surface area contributed by atoms with Crippen LogP contribution < -0.4 is 27.3 Å². The molecule has 132 valence electrons. The molecule has 0 saturated heterocycles. The summed E-state index contributed by atoms with van der Waals surface area (Å²) in [5, 5.41) is 0. The van der Waals surface area contributed by atoms with E-state index in [-0.39, 0.29) is 29.3 Å². The molecular formula is C20H24BrN3O. The standard InChI is InChI=1S/C20H23N3O.BrH/c1-3-4-13-22-17-7-5-6-8-18(17)23(20(22)21)14-19(24)16-11-9-15(2)10-12-16;/h5-12,21H,3-4,13-14H2,1-2H3;1H. The quantitative estimate of drug-likeness (QED) is 0.483. The van der Waals surface area contributed by atoms with Crippen molar-refractivity contribution in [2.24, 2.45) is 0 Å². The maximum Gasteiger partial charge on any atom is 0.356 e. The summed E-state index contributed by atoms with van der Waals surface area (Å²) in [6.45, 7) is 5.31. The van der Waals surface area contributed by atoms with Crippen molar-refractivity contribution in [1.29, 1.82) is 0 Å². The molecule has 0 aliphatic rings. The van der Waals surface area contributed by atoms with E-state index >= 15 is 0 Å². The number of para-hydroxylation sites is 2. The van der Waals surface area contributed by atoms with E-state index in [0.29, 0.717) is 5.95 Å². The smallest absolute Gasteiger partial charge is 0.356 e. The highest BCUT2D eigenvalue weighted by Gasteiger charge is 2.22. The van der Waals surface area contributed by atoms with Crippen LogP contribution in [0.5, 0.6) is 0 Å². The van der Waals surface area contributed by atoms with Crippen LogP contribution in [0.3, 0.4) is 0 Å². The molecule has 4 nitrogen and oxygen atoms in total. The number of carbonyl (C=O) groups is 1. The number of benzene rings is 2. The van der Waals surface area contributed by atoms with Gasteiger partial charge in [-0.2, -0.15) is 0 Å². The molecule has 3 aromatic rings. The molecule has 5 heteroatoms. The molecule has 0 amide bonds. The molecule has 0 aliphatic carbocycles. The number of unbranched alkanes of at least 4 members (excludes halogenated alkanes) is 1. The average Bonchev–Trinajstić information content (AvgIpc) is 2.85. The summed E-state index contributed by atoms with van der Waals surface area (Å²) < 4.78 is 4.04. The Morgan fingerprint density at radius 2 is 1.80 bits per heavy atom. The van der Waals surface area contributed by atoms with Crippen LogP contribution in [0.25, 0.3) is 11.0 Å². The van der Waals surface area contributed by atoms with Gasteiger partial charge in [-0.1, -0.05) is 55.3 Å². The van der Waals surface area contributed by atoms with E-state index in [1.165, 1.54) is 0 Å². The molecule has 0 bridgehead atoms. The van der Waals surface area contributed by atoms with Gasteiger partial charge in [-0.25, -0.2) is 9.13 Å². The molecular weight excluding hydrogens is 378 g/mol. The van der Waals surface area contributed by atoms with Crippen LogP contribution in [0, 0.1) is 6.92 Å². The molecule has 0 fully saturated rings. The third kappa shape index (κ3) is 3.93. The van der Waals surface area contributed by atoms with E-state index in [0.717, 1.165) is 41.5 Å². The largest absolute Gasteiger partial charge is 1.00 e. The third-order valence-corrected chi connectivity index (χ3v) is 4.43. The molecule has 0 spiro atoms. The first-order valence-electron chi connectivity index (χ1n) is 8.48. The van der Waals surface area contributed by atoms with Gasteiger partial charge in [0, 0.05) is 5.56 Å². The second kappa shape index (κ2) is 8.30. The summed E-state index contributed by atoms with van der Waals surface area (Å²) in [7, 11) is 0. The minimum Gasteiger partial charge on any atom is -1.00 e. The number of rotatable bonds is 6. The molecule has 1 aromatic heterocycles. The predicted octanol–water partition coefficient (Wildman–Crippen LogP) is 0.506. The third-order valence-electron chi connectivity index (χ3n) is 4.43. The number of halogens is 1. The van der Waals surface area contributed by atoms with Gasteiger partial charge in [-0.3, -0.25) is 10.5 Å². The highest BCUT2D eigenvalue weighted by atomic mass is 79.9. The van der Waals surface area contributed by atoms with Gasteiger partial charge in [-0.05, 0) is 25.5 Å². The van der Waals surface area contributed by atoms with Crippen LogP contribution in [-0.4, -0.2) is 10.4 Å². The van der Waals surface area contributed by atoms with Gasteiger partial charge in [0.2, 0.25) is 0 Å². The molecule has 2 N–H and O–H groups in total. The molecule has 0 aliphatic heterocycles. The van der Waals surface area contributed by atoms with Crippen molar-refractivity contribution in [3.05, 3.63) is 59.7 Å². The van der Waals surface area contributed by atoms with Crippen molar-refractivity contribution < 1.29 is 26.3 Å². The van der Waals surface area contributed by atoms with Crippen LogP contribution in [0.2, 0.25) is 0 Å². The van der Waals surface area contributed by atoms with E-state index in [1.54, 1.807) is 0 Å². The highest BCUT2D eigenvalue weighted by molar-refractivity contribution is 5.95. The van der Waals surface area contributed by atoms with Crippen LogP contribution in [0.4, 0.5) is 5.95 Å². The van der Waals surface area contributed by atoms with Crippen LogP contribution in [0.15, 0.2) is 48.5 Å². The maximum absolute atomic E-state index is 12.7. The second-order valence-corrected chi connectivity index (χ2v) is 6.23. The number of Topliss-reactive ketones (excluding diaryl/α,β-unsaturated/α-hetero) is 1. The lowest BCUT2D eigenvalue weighted by molar-refractivity contribution is -0.642. The Morgan fingerprint density at radius 1 is 1.12 bits per heavy atom. The number of fused-ring (bicyclic) bond motifs is 1. The van der Waals surface area contributed by atoms with Crippen LogP contribution in [-0.2, 0) is 13.1 Å². The Hall–Kier alpha value is -2.14. The number of imidazole rings is 1. The number of nitrogens with zero attached hydrogens (tertiary/aromatic N) is 2. The van der Waals surface area contributed by atoms with Crippen molar-refractivity contribution >= 4 is 22.8 Å². The number of anilines is 1. The van der Waals surface area contributed by atoms with Gasteiger partial charge in [0.1, 0.15) is 17.6 Å². The first-order chi connectivity index (χ1) is 11.6. The predicted molar refractivity (Wildman–Crippen MR) is 97.0 cm³/mol. The lowest BCUT2D eigenvalue weighted by atomic mass is 10.1. The monoisotopic (exact) mass is 401 g/mol. The Labute approximate surface area is 159 Å². The van der Waals surface area contributed by atoms with E-state index in [4.69, 9.17) is 5.73 Å². The Morgan fingerprint density at radius 3 is 2.48 bits per heavy atom. The number of hydrogen-bond donors (Lipinski definition) is 1. The molecule has 0 unspecified atom stereocenters. The zero-order valence-corrected chi connectivity index (χ0v) is 16.3. The highest BCUT2D eigenvalue weighted by Crippen LogP contribution is 2.17. The first-order valence-corrected chi connectivity index (χ1v) is 8.48. The zero-order valence-electron chi connectivity index (χ0n) is 14.7. The Balaban J connectivity index is 0.00000225. The first kappa shape index (κ1) is 19.2. The second-order valence-electron chi connectivity index (χ2n) is 6.23. The fourth-order valence-electron chi connectivity index (χ4n) is 3.00. The van der Waals surface area contributed by atoms with Gasteiger partial charge in [0.15, 0.2) is 5.78 Å². The fraction of sp³-hybridized carbons (Fsp3) is 0.300. The fourth-order valence-corrected chi connectivity index (χ4v) is 3.00. The Kier molecular flexibility index (Phi) is 6.37. The topological polar surface area (TPSA) is 51.9 Å². The van der Waals surface area contributed by atoms with Crippen molar-refractivity contribution in [2.45, 2.75) is 39.8 Å². The Bertz CT molecular complexity index is 869. The number of aryl methyl sites for hydroxylation is 2. The molecule has 1 heterocycles. The van der Waals surface area contributed by atoms with Crippen LogP contribution >= 0.6 is 0 Å². The minimum atomic E-state index is 0. The normalized spacial score (nSPS) is 10.6. The molecule has 3 rings (SSSR count). The molecule has 0 radical (unpaired) electrons. The van der Waals surface area contributed by atoms with Gasteiger partial charge in [0.25, 0.3) is 0 Å². The van der Waals surface area contributed by atoms with Crippen LogP contribution in [0.1, 0.15) is 35.7 Å². The zero-order chi connectivity index (χ0) is 17.1. The molecule has 0 atom stereocenters. The number of aromatic nitrogens is 2. The van der Waals surface area contributed by atoms with Crippen molar-refractivity contribution in [2.75, 3.05) is 5.73 Å². The van der Waals surface area contributed by atoms with E-state index in [1.807, 2.05) is 54.0 Å². The summed E-state index contributed by atoms with van der Waals surface area (Å²) in [4.78, 5) is 12.7. The summed E-state index contributed by atoms with van der Waals surface area (Å²) >= 11 is 0. The lowest BCUT2D eigenvalue weighted by Gasteiger charge is -2.03. The number of ketones is 1. The summed E-state index contributed by atoms with van der Waals surface area (Å²) in [6.07, 6.45) is 2.17. The molecule has 2 aromatic carbocycles. The SMILES string of the molecule is CCCCn1c(N)[n+](CC(=O)c2ccc(C)cc2)c2ccccc21.[Br-]. The van der Waals surface area contributed by atoms with Crippen molar-refractivity contribution in [3.63, 3.8) is 0 Å². The van der Waals surface area contributed by atoms with Crippen molar-refractivity contribution in [1.82, 2.24) is 4.57 Å². The van der Waals surface area contributed by atoms with E-state index in [2.05, 4.69) is 17.6 Å². The lowest BCUT2D eigenvalue weighted by Crippen LogP contribution is -3.00. The van der Waals surface area contributed by atoms with Gasteiger partial charge in [0.05, 0.1) is 6.54 Å². The van der Waals surface area contributed by atoms with Gasteiger partial charge >= 0.3 is 5.95 Å². The summed E-state index contributed by atoms with van der Waals surface area (Å²) in [5.74, 6) is 0.718. The number of nitrogens with two attached hydrogens (primary N) is 1. The molecule has 25 heavy (non-hydrogen) atoms. The number of nitrogen functional groups attached to an aromatic ring is 1. The van der Waals surface area contributed by atoms with Crippen molar-refractivity contribution in [3.8, 4) is 0 Å². The average molecular weight is 402 g/mol. The number of carbonyl (C=O) groups excluding carboxylic acids is 1. The van der Waals surface area contributed by atoms with E-state index < -0.39 is 0 Å².